The minimum Gasteiger partial charge on any atom is -0.495 e. The molecule has 4 nitrogen and oxygen atoms in total. The summed E-state index contributed by atoms with van der Waals surface area (Å²) in [5.41, 5.74) is 0.672. The van der Waals surface area contributed by atoms with Crippen LogP contribution in [0.4, 0.5) is 0 Å². The van der Waals surface area contributed by atoms with E-state index >= 15 is 0 Å². The first-order chi connectivity index (χ1) is 7.59. The van der Waals surface area contributed by atoms with Crippen LogP contribution in [-0.2, 0) is 10.2 Å². The van der Waals surface area contributed by atoms with Gasteiger partial charge in [-0.15, -0.1) is 0 Å². The van der Waals surface area contributed by atoms with Crippen LogP contribution in [0, 0.1) is 0 Å². The van der Waals surface area contributed by atoms with E-state index in [2.05, 4.69) is 20.9 Å². The predicted octanol–water partition coefficient (Wildman–Crippen LogP) is 2.36. The molecule has 0 spiro atoms. The second-order valence-corrected chi connectivity index (χ2v) is 4.90. The lowest BCUT2D eigenvalue weighted by atomic mass is 9.92. The number of halogens is 1. The number of carboxylic acid groups (broad SMARTS) is 1. The van der Waals surface area contributed by atoms with Gasteiger partial charge in [0.15, 0.2) is 0 Å². The highest BCUT2D eigenvalue weighted by Crippen LogP contribution is 2.55. The molecule has 0 aliphatic heterocycles. The van der Waals surface area contributed by atoms with Gasteiger partial charge in [-0.3, -0.25) is 9.78 Å². The summed E-state index contributed by atoms with van der Waals surface area (Å²) in [7, 11) is 1.57. The standard InChI is InChI=1S/C11H12BrNO3/c1-16-8-6-13-5-7(12)10(8)11(2-3-11)4-9(14)15/h5-6H,2-4H2,1H3,(H,14,15). The van der Waals surface area contributed by atoms with E-state index in [1.54, 1.807) is 19.5 Å². The van der Waals surface area contributed by atoms with Gasteiger partial charge in [0.2, 0.25) is 0 Å². The Balaban J connectivity index is 2.43. The monoisotopic (exact) mass is 285 g/mol. The highest BCUT2D eigenvalue weighted by Gasteiger charge is 2.49. The Hall–Kier alpha value is -1.10. The quantitative estimate of drug-likeness (QED) is 0.923. The van der Waals surface area contributed by atoms with E-state index < -0.39 is 5.97 Å². The number of methoxy groups -OCH3 is 1. The molecule has 16 heavy (non-hydrogen) atoms. The van der Waals surface area contributed by atoms with Gasteiger partial charge in [0.25, 0.3) is 0 Å². The van der Waals surface area contributed by atoms with Crippen molar-refractivity contribution in [3.63, 3.8) is 0 Å². The molecular formula is C11H12BrNO3. The molecule has 1 aliphatic carbocycles. The van der Waals surface area contributed by atoms with Crippen LogP contribution >= 0.6 is 15.9 Å². The van der Waals surface area contributed by atoms with E-state index in [4.69, 9.17) is 9.84 Å². The minimum absolute atomic E-state index is 0.145. The predicted molar refractivity (Wildman–Crippen MR) is 61.7 cm³/mol. The molecule has 0 atom stereocenters. The maximum atomic E-state index is 10.9. The van der Waals surface area contributed by atoms with Crippen molar-refractivity contribution in [3.8, 4) is 5.75 Å². The number of hydrogen-bond donors (Lipinski definition) is 1. The Labute approximate surface area is 102 Å². The molecule has 0 bridgehead atoms. The molecule has 1 N–H and O–H groups in total. The topological polar surface area (TPSA) is 59.4 Å². The first-order valence-corrected chi connectivity index (χ1v) is 5.78. The number of ether oxygens (including phenoxy) is 1. The molecule has 1 aromatic rings. The molecule has 0 aromatic carbocycles. The third kappa shape index (κ3) is 1.91. The van der Waals surface area contributed by atoms with E-state index in [9.17, 15) is 4.79 Å². The molecule has 0 saturated heterocycles. The molecule has 1 aromatic heterocycles. The average molecular weight is 286 g/mol. The molecule has 1 saturated carbocycles. The van der Waals surface area contributed by atoms with Crippen molar-refractivity contribution in [1.82, 2.24) is 4.98 Å². The van der Waals surface area contributed by atoms with Crippen molar-refractivity contribution in [3.05, 3.63) is 22.4 Å². The van der Waals surface area contributed by atoms with Gasteiger partial charge in [-0.2, -0.15) is 0 Å². The van der Waals surface area contributed by atoms with Gasteiger partial charge >= 0.3 is 5.97 Å². The van der Waals surface area contributed by atoms with Crippen LogP contribution in [0.1, 0.15) is 24.8 Å². The van der Waals surface area contributed by atoms with Crippen LogP contribution in [0.15, 0.2) is 16.9 Å². The second kappa shape index (κ2) is 4.05. The van der Waals surface area contributed by atoms with Gasteiger partial charge in [0, 0.05) is 21.6 Å². The first-order valence-electron chi connectivity index (χ1n) is 4.99. The maximum absolute atomic E-state index is 10.9. The Bertz CT molecular complexity index is 429. The van der Waals surface area contributed by atoms with E-state index in [0.717, 1.165) is 22.9 Å². The number of nitrogens with zero attached hydrogens (tertiary/aromatic N) is 1. The van der Waals surface area contributed by atoms with E-state index in [1.807, 2.05) is 0 Å². The normalized spacial score (nSPS) is 16.9. The summed E-state index contributed by atoms with van der Waals surface area (Å²) in [5.74, 6) is -0.114. The maximum Gasteiger partial charge on any atom is 0.304 e. The summed E-state index contributed by atoms with van der Waals surface area (Å²) in [6, 6.07) is 0. The smallest absolute Gasteiger partial charge is 0.304 e. The molecular weight excluding hydrogens is 274 g/mol. The Morgan fingerprint density at radius 2 is 2.31 bits per heavy atom. The Morgan fingerprint density at radius 3 is 2.81 bits per heavy atom. The van der Waals surface area contributed by atoms with Crippen LogP contribution < -0.4 is 4.74 Å². The molecule has 1 aliphatic rings. The van der Waals surface area contributed by atoms with Crippen molar-refractivity contribution >= 4 is 21.9 Å². The molecule has 0 amide bonds. The first kappa shape index (κ1) is 11.4. The van der Waals surface area contributed by atoms with Gasteiger partial charge in [-0.1, -0.05) is 0 Å². The molecule has 5 heteroatoms. The van der Waals surface area contributed by atoms with Gasteiger partial charge < -0.3 is 9.84 Å². The number of carboxylic acids is 1. The van der Waals surface area contributed by atoms with Crippen LogP contribution in [0.25, 0.3) is 0 Å². The molecule has 1 heterocycles. The number of aromatic nitrogens is 1. The van der Waals surface area contributed by atoms with E-state index in [0.29, 0.717) is 5.75 Å². The Morgan fingerprint density at radius 1 is 1.62 bits per heavy atom. The zero-order valence-electron chi connectivity index (χ0n) is 8.86. The summed E-state index contributed by atoms with van der Waals surface area (Å²) in [6.45, 7) is 0. The van der Waals surface area contributed by atoms with Gasteiger partial charge in [0.05, 0.1) is 19.7 Å². The largest absolute Gasteiger partial charge is 0.495 e. The summed E-state index contributed by atoms with van der Waals surface area (Å²) >= 11 is 3.42. The zero-order valence-corrected chi connectivity index (χ0v) is 10.5. The lowest BCUT2D eigenvalue weighted by molar-refractivity contribution is -0.137. The van der Waals surface area contributed by atoms with Gasteiger partial charge in [-0.05, 0) is 28.8 Å². The highest BCUT2D eigenvalue weighted by molar-refractivity contribution is 9.10. The zero-order chi connectivity index (χ0) is 11.8. The van der Waals surface area contributed by atoms with Crippen molar-refractivity contribution in [2.45, 2.75) is 24.7 Å². The SMILES string of the molecule is COc1cncc(Br)c1C1(CC(=O)O)CC1. The number of carbonyl (C=O) groups is 1. The van der Waals surface area contributed by atoms with Crippen LogP contribution in [0.2, 0.25) is 0 Å². The highest BCUT2D eigenvalue weighted by atomic mass is 79.9. The van der Waals surface area contributed by atoms with Crippen LogP contribution in [-0.4, -0.2) is 23.2 Å². The molecule has 1 fully saturated rings. The lowest BCUT2D eigenvalue weighted by Gasteiger charge is -2.18. The number of rotatable bonds is 4. The van der Waals surface area contributed by atoms with Gasteiger partial charge in [0.1, 0.15) is 5.75 Å². The fourth-order valence-electron chi connectivity index (χ4n) is 2.04. The molecule has 86 valence electrons. The van der Waals surface area contributed by atoms with Gasteiger partial charge in [-0.25, -0.2) is 0 Å². The van der Waals surface area contributed by atoms with E-state index in [1.165, 1.54) is 0 Å². The Kier molecular flexibility index (Phi) is 2.88. The second-order valence-electron chi connectivity index (χ2n) is 4.05. The van der Waals surface area contributed by atoms with Crippen molar-refractivity contribution in [2.75, 3.05) is 7.11 Å². The summed E-state index contributed by atoms with van der Waals surface area (Å²) < 4.78 is 6.07. The number of hydrogen-bond acceptors (Lipinski definition) is 3. The minimum atomic E-state index is -0.775. The summed E-state index contributed by atoms with van der Waals surface area (Å²) in [6.07, 6.45) is 5.23. The van der Waals surface area contributed by atoms with Crippen molar-refractivity contribution in [1.29, 1.82) is 0 Å². The fourth-order valence-corrected chi connectivity index (χ4v) is 2.78. The number of aliphatic carboxylic acids is 1. The molecule has 0 radical (unpaired) electrons. The van der Waals surface area contributed by atoms with Crippen LogP contribution in [0.3, 0.4) is 0 Å². The molecule has 0 unspecified atom stereocenters. The molecule has 2 rings (SSSR count). The third-order valence-corrected chi connectivity index (χ3v) is 3.56. The fraction of sp³-hybridized carbons (Fsp3) is 0.455. The summed E-state index contributed by atoms with van der Waals surface area (Å²) in [4.78, 5) is 14.9. The average Bonchev–Trinajstić information content (AvgIpc) is 2.97. The summed E-state index contributed by atoms with van der Waals surface area (Å²) in [5, 5.41) is 8.93. The van der Waals surface area contributed by atoms with Crippen molar-refractivity contribution in [2.24, 2.45) is 0 Å². The third-order valence-electron chi connectivity index (χ3n) is 2.96. The number of pyridine rings is 1. The van der Waals surface area contributed by atoms with E-state index in [-0.39, 0.29) is 11.8 Å². The van der Waals surface area contributed by atoms with Crippen molar-refractivity contribution < 1.29 is 14.6 Å². The van der Waals surface area contributed by atoms with Crippen LogP contribution in [0.5, 0.6) is 5.75 Å². The lowest BCUT2D eigenvalue weighted by Crippen LogP contribution is -2.15.